The lowest BCUT2D eigenvalue weighted by atomic mass is 10.1. The second kappa shape index (κ2) is 6.80. The molecule has 0 aliphatic carbocycles. The Hall–Kier alpha value is -2.86. The maximum Gasteiger partial charge on any atom is 0.314 e. The van der Waals surface area contributed by atoms with E-state index in [9.17, 15) is 9.18 Å². The molecule has 3 aromatic rings. The molecule has 132 valence electrons. The summed E-state index contributed by atoms with van der Waals surface area (Å²) in [4.78, 5) is 24.2. The highest BCUT2D eigenvalue weighted by atomic mass is 19.1. The quantitative estimate of drug-likeness (QED) is 0.572. The van der Waals surface area contributed by atoms with E-state index in [2.05, 4.69) is 9.97 Å². The van der Waals surface area contributed by atoms with Crippen molar-refractivity contribution in [3.63, 3.8) is 0 Å². The molecular weight excluding hydrogens is 331 g/mol. The second-order valence-corrected chi connectivity index (χ2v) is 6.67. The molecule has 0 unspecified atom stereocenters. The van der Waals surface area contributed by atoms with Gasteiger partial charge in [-0.05, 0) is 55.7 Å². The monoisotopic (exact) mass is 351 g/mol. The zero-order chi connectivity index (χ0) is 18.0. The number of quaternary nitrogens is 1. The molecule has 26 heavy (non-hydrogen) atoms. The molecule has 0 radical (unpaired) electrons. The van der Waals surface area contributed by atoms with Crippen molar-refractivity contribution in [2.24, 2.45) is 0 Å². The Labute approximate surface area is 151 Å². The maximum atomic E-state index is 13.4. The van der Waals surface area contributed by atoms with Crippen molar-refractivity contribution < 1.29 is 9.18 Å². The van der Waals surface area contributed by atoms with Crippen LogP contribution in [0.4, 0.5) is 10.3 Å². The number of hydrogen-bond acceptors (Lipinski definition) is 3. The molecule has 0 atom stereocenters. The van der Waals surface area contributed by atoms with Gasteiger partial charge < -0.3 is 0 Å². The first-order valence-corrected chi connectivity index (χ1v) is 8.82. The molecule has 0 spiro atoms. The summed E-state index contributed by atoms with van der Waals surface area (Å²) in [6, 6.07) is 10.1. The van der Waals surface area contributed by atoms with Crippen molar-refractivity contribution in [3.05, 3.63) is 54.6 Å². The van der Waals surface area contributed by atoms with Crippen LogP contribution in [0, 0.1) is 5.82 Å². The van der Waals surface area contributed by atoms with Crippen molar-refractivity contribution in [1.82, 2.24) is 19.4 Å². The van der Waals surface area contributed by atoms with Crippen LogP contribution in [0.1, 0.15) is 19.3 Å². The third-order valence-electron chi connectivity index (χ3n) is 5.02. The predicted octanol–water partition coefficient (Wildman–Crippen LogP) is 3.93. The molecule has 3 heterocycles. The molecule has 2 aromatic heterocycles. The minimum Gasteiger partial charge on any atom is -0.291 e. The second-order valence-electron chi connectivity index (χ2n) is 6.67. The van der Waals surface area contributed by atoms with Gasteiger partial charge in [0.1, 0.15) is 11.5 Å². The lowest BCUT2D eigenvalue weighted by molar-refractivity contribution is -0.118. The van der Waals surface area contributed by atoms with Crippen molar-refractivity contribution in [1.29, 1.82) is 0 Å². The van der Waals surface area contributed by atoms with Crippen molar-refractivity contribution >= 4 is 12.4 Å². The van der Waals surface area contributed by atoms with E-state index < -0.39 is 0 Å². The third-order valence-corrected chi connectivity index (χ3v) is 5.02. The van der Waals surface area contributed by atoms with Gasteiger partial charge in [-0.3, -0.25) is 9.97 Å². The minimum absolute atomic E-state index is 0.208. The van der Waals surface area contributed by atoms with Gasteiger partial charge >= 0.3 is 12.4 Å². The lowest BCUT2D eigenvalue weighted by Gasteiger charge is -2.31. The Morgan fingerprint density at radius 2 is 1.65 bits per heavy atom. The molecule has 4 rings (SSSR count). The molecular formula is C20H20FN4O+. The SMILES string of the molecule is O=C[N+]1(c2nc(-c3ccc(F)cc3)c(-c3ccncc3)[nH]2)CCCCC1. The predicted molar refractivity (Wildman–Crippen MR) is 98.7 cm³/mol. The number of pyridine rings is 1. The standard InChI is InChI=1S/C20H20FN4O/c21-17-6-4-15(5-7-17)18-19(16-8-10-22-11-9-16)24-20(23-18)25(14-26)12-2-1-3-13-25/h4-11,14H,1-3,12-13H2,(H,23,24)/q+1. The summed E-state index contributed by atoms with van der Waals surface area (Å²) in [6.45, 7) is 1.49. The molecule has 6 heteroatoms. The van der Waals surface area contributed by atoms with E-state index in [1.165, 1.54) is 12.1 Å². The Morgan fingerprint density at radius 3 is 2.31 bits per heavy atom. The summed E-state index contributed by atoms with van der Waals surface area (Å²) >= 11 is 0. The number of aromatic nitrogens is 3. The number of piperidine rings is 1. The number of nitrogens with one attached hydrogen (secondary N) is 1. The number of benzene rings is 1. The molecule has 1 fully saturated rings. The van der Waals surface area contributed by atoms with E-state index in [-0.39, 0.29) is 10.3 Å². The van der Waals surface area contributed by atoms with Gasteiger partial charge in [0.05, 0.1) is 18.8 Å². The fourth-order valence-electron chi connectivity index (χ4n) is 3.56. The lowest BCUT2D eigenvalue weighted by Crippen LogP contribution is -2.52. The van der Waals surface area contributed by atoms with E-state index in [4.69, 9.17) is 4.98 Å². The van der Waals surface area contributed by atoms with Gasteiger partial charge in [-0.25, -0.2) is 9.18 Å². The number of H-pyrrole nitrogens is 1. The minimum atomic E-state index is -0.289. The summed E-state index contributed by atoms with van der Waals surface area (Å²) in [5.74, 6) is 0.355. The third kappa shape index (κ3) is 2.93. The van der Waals surface area contributed by atoms with Gasteiger partial charge in [-0.1, -0.05) is 0 Å². The average Bonchev–Trinajstić information content (AvgIpc) is 3.16. The van der Waals surface area contributed by atoms with Gasteiger partial charge in [0.15, 0.2) is 0 Å². The molecule has 1 aromatic carbocycles. The number of halogens is 1. The fourth-order valence-corrected chi connectivity index (χ4v) is 3.56. The Morgan fingerprint density at radius 1 is 0.962 bits per heavy atom. The van der Waals surface area contributed by atoms with Crippen LogP contribution in [0.5, 0.6) is 0 Å². The number of carbonyl (C=O) groups is 1. The van der Waals surface area contributed by atoms with E-state index in [0.29, 0.717) is 5.95 Å². The van der Waals surface area contributed by atoms with Gasteiger partial charge in [0, 0.05) is 23.5 Å². The van der Waals surface area contributed by atoms with Gasteiger partial charge in [-0.15, -0.1) is 0 Å². The van der Waals surface area contributed by atoms with Crippen LogP contribution in [-0.4, -0.2) is 34.5 Å². The Kier molecular flexibility index (Phi) is 4.34. The van der Waals surface area contributed by atoms with Crippen LogP contribution < -0.4 is 4.48 Å². The Bertz CT molecular complexity index is 899. The molecule has 1 saturated heterocycles. The fraction of sp³-hybridized carbons (Fsp3) is 0.250. The summed E-state index contributed by atoms with van der Waals surface area (Å²) in [7, 11) is 0. The highest BCUT2D eigenvalue weighted by molar-refractivity contribution is 5.81. The molecule has 1 N–H and O–H groups in total. The van der Waals surface area contributed by atoms with Crippen molar-refractivity contribution in [2.45, 2.75) is 19.3 Å². The van der Waals surface area contributed by atoms with E-state index in [1.807, 2.05) is 12.1 Å². The number of amides is 1. The first-order valence-electron chi connectivity index (χ1n) is 8.82. The molecule has 1 aliphatic rings. The maximum absolute atomic E-state index is 13.4. The molecule has 0 saturated carbocycles. The molecule has 5 nitrogen and oxygen atoms in total. The number of carbonyl (C=O) groups excluding carboxylic acids is 1. The Balaban J connectivity index is 1.87. The largest absolute Gasteiger partial charge is 0.314 e. The van der Waals surface area contributed by atoms with Crippen LogP contribution in [0.2, 0.25) is 0 Å². The topological polar surface area (TPSA) is 58.6 Å². The smallest absolute Gasteiger partial charge is 0.291 e. The normalized spacial score (nSPS) is 16.3. The highest BCUT2D eigenvalue weighted by Crippen LogP contribution is 2.35. The average molecular weight is 351 g/mol. The first-order chi connectivity index (χ1) is 12.7. The van der Waals surface area contributed by atoms with Gasteiger partial charge in [-0.2, -0.15) is 9.47 Å². The summed E-state index contributed by atoms with van der Waals surface area (Å²) in [5, 5.41) is 0. The van der Waals surface area contributed by atoms with Crippen LogP contribution >= 0.6 is 0 Å². The number of hydrogen-bond donors (Lipinski definition) is 1. The van der Waals surface area contributed by atoms with Gasteiger partial charge in [0.25, 0.3) is 0 Å². The molecule has 1 aliphatic heterocycles. The molecule has 1 amide bonds. The molecule has 0 bridgehead atoms. The van der Waals surface area contributed by atoms with E-state index in [1.54, 1.807) is 24.5 Å². The summed E-state index contributed by atoms with van der Waals surface area (Å²) in [5.41, 5.74) is 3.27. The first kappa shape index (κ1) is 16.6. The van der Waals surface area contributed by atoms with E-state index >= 15 is 0 Å². The van der Waals surface area contributed by atoms with Crippen molar-refractivity contribution in [2.75, 3.05) is 13.1 Å². The number of nitrogens with zero attached hydrogens (tertiary/aromatic N) is 3. The zero-order valence-electron chi connectivity index (χ0n) is 14.4. The number of rotatable bonds is 4. The van der Waals surface area contributed by atoms with Crippen molar-refractivity contribution in [3.8, 4) is 22.5 Å². The number of likely N-dealkylation sites (tertiary alicyclic amines) is 1. The van der Waals surface area contributed by atoms with Crippen LogP contribution in [-0.2, 0) is 4.79 Å². The van der Waals surface area contributed by atoms with Crippen LogP contribution in [0.15, 0.2) is 48.8 Å². The van der Waals surface area contributed by atoms with E-state index in [0.717, 1.165) is 61.3 Å². The number of aromatic amines is 1. The highest BCUT2D eigenvalue weighted by Gasteiger charge is 2.37. The van der Waals surface area contributed by atoms with Gasteiger partial charge in [0.2, 0.25) is 0 Å². The van der Waals surface area contributed by atoms with Crippen LogP contribution in [0.3, 0.4) is 0 Å². The zero-order valence-corrected chi connectivity index (χ0v) is 14.4. The van der Waals surface area contributed by atoms with Crippen LogP contribution in [0.25, 0.3) is 22.5 Å². The summed E-state index contributed by atoms with van der Waals surface area (Å²) in [6.07, 6.45) is 7.55. The summed E-state index contributed by atoms with van der Waals surface area (Å²) < 4.78 is 13.6. The number of imidazole rings is 1.